The van der Waals surface area contributed by atoms with Crippen molar-refractivity contribution in [1.29, 1.82) is 0 Å². The maximum Gasteiger partial charge on any atom is 0.260 e. The molecule has 0 heterocycles. The molecule has 0 saturated carbocycles. The fourth-order valence-corrected chi connectivity index (χ4v) is 1.60. The Balaban J connectivity index is 2.69. The van der Waals surface area contributed by atoms with Crippen LogP contribution in [0.15, 0.2) is 24.3 Å². The SMILES string of the molecule is CCN(CC)C(=O)COc1ccccc1C(N)=O. The number of carbonyl (C=O) groups excluding carboxylic acids is 2. The first-order valence-electron chi connectivity index (χ1n) is 5.89. The molecule has 18 heavy (non-hydrogen) atoms. The molecule has 1 aromatic rings. The van der Waals surface area contributed by atoms with Gasteiger partial charge in [0.05, 0.1) is 5.56 Å². The van der Waals surface area contributed by atoms with E-state index in [1.165, 1.54) is 0 Å². The van der Waals surface area contributed by atoms with E-state index in [0.29, 0.717) is 18.8 Å². The zero-order valence-electron chi connectivity index (χ0n) is 10.7. The molecule has 0 fully saturated rings. The van der Waals surface area contributed by atoms with Crippen molar-refractivity contribution in [2.24, 2.45) is 5.73 Å². The molecule has 0 radical (unpaired) electrons. The highest BCUT2D eigenvalue weighted by Gasteiger charge is 2.13. The summed E-state index contributed by atoms with van der Waals surface area (Å²) in [6.45, 7) is 4.98. The number of benzene rings is 1. The zero-order valence-corrected chi connectivity index (χ0v) is 10.7. The van der Waals surface area contributed by atoms with Crippen LogP contribution in [0.2, 0.25) is 0 Å². The third-order valence-corrected chi connectivity index (χ3v) is 2.62. The lowest BCUT2D eigenvalue weighted by Gasteiger charge is -2.19. The summed E-state index contributed by atoms with van der Waals surface area (Å²) in [4.78, 5) is 24.6. The first kappa shape index (κ1) is 14.0. The molecule has 0 aromatic heterocycles. The molecule has 0 saturated heterocycles. The fraction of sp³-hybridized carbons (Fsp3) is 0.385. The third-order valence-electron chi connectivity index (χ3n) is 2.62. The van der Waals surface area contributed by atoms with Crippen LogP contribution in [-0.4, -0.2) is 36.4 Å². The molecule has 98 valence electrons. The predicted octanol–water partition coefficient (Wildman–Crippen LogP) is 1.03. The number of hydrogen-bond acceptors (Lipinski definition) is 3. The fourth-order valence-electron chi connectivity index (χ4n) is 1.60. The quantitative estimate of drug-likeness (QED) is 0.819. The Labute approximate surface area is 107 Å². The first-order valence-corrected chi connectivity index (χ1v) is 5.89. The van der Waals surface area contributed by atoms with Gasteiger partial charge in [-0.05, 0) is 26.0 Å². The van der Waals surface area contributed by atoms with Gasteiger partial charge >= 0.3 is 0 Å². The molecule has 2 N–H and O–H groups in total. The number of rotatable bonds is 6. The molecule has 1 rings (SSSR count). The summed E-state index contributed by atoms with van der Waals surface area (Å²) in [7, 11) is 0. The van der Waals surface area contributed by atoms with Gasteiger partial charge in [-0.25, -0.2) is 0 Å². The minimum absolute atomic E-state index is 0.0913. The Morgan fingerprint density at radius 2 is 1.83 bits per heavy atom. The minimum atomic E-state index is -0.569. The lowest BCUT2D eigenvalue weighted by atomic mass is 10.2. The molecule has 5 heteroatoms. The molecule has 0 aliphatic heterocycles. The van der Waals surface area contributed by atoms with E-state index in [0.717, 1.165) is 0 Å². The van der Waals surface area contributed by atoms with E-state index in [2.05, 4.69) is 0 Å². The number of hydrogen-bond donors (Lipinski definition) is 1. The van der Waals surface area contributed by atoms with E-state index < -0.39 is 5.91 Å². The summed E-state index contributed by atoms with van der Waals surface area (Å²) in [5.41, 5.74) is 5.50. The second-order valence-electron chi connectivity index (χ2n) is 3.72. The predicted molar refractivity (Wildman–Crippen MR) is 68.4 cm³/mol. The van der Waals surface area contributed by atoms with Gasteiger partial charge in [0.2, 0.25) is 0 Å². The molecule has 2 amide bonds. The van der Waals surface area contributed by atoms with Crippen molar-refractivity contribution in [3.63, 3.8) is 0 Å². The number of amides is 2. The third kappa shape index (κ3) is 3.48. The number of nitrogens with two attached hydrogens (primary N) is 1. The highest BCUT2D eigenvalue weighted by molar-refractivity contribution is 5.95. The largest absolute Gasteiger partial charge is 0.483 e. The lowest BCUT2D eigenvalue weighted by Crippen LogP contribution is -2.34. The van der Waals surface area contributed by atoms with Gasteiger partial charge < -0.3 is 15.4 Å². The van der Waals surface area contributed by atoms with Crippen LogP contribution in [0, 0.1) is 0 Å². The van der Waals surface area contributed by atoms with Gasteiger partial charge in [0.1, 0.15) is 5.75 Å². The second kappa shape index (κ2) is 6.64. The molecular formula is C13H18N2O3. The van der Waals surface area contributed by atoms with Crippen LogP contribution in [0.1, 0.15) is 24.2 Å². The van der Waals surface area contributed by atoms with E-state index in [4.69, 9.17) is 10.5 Å². The van der Waals surface area contributed by atoms with Crippen LogP contribution < -0.4 is 10.5 Å². The Kier molecular flexibility index (Phi) is 5.17. The Morgan fingerprint density at radius 1 is 1.22 bits per heavy atom. The molecule has 0 unspecified atom stereocenters. The molecule has 0 atom stereocenters. The van der Waals surface area contributed by atoms with E-state index in [1.807, 2.05) is 13.8 Å². The highest BCUT2D eigenvalue weighted by Crippen LogP contribution is 2.17. The van der Waals surface area contributed by atoms with Crippen LogP contribution >= 0.6 is 0 Å². The van der Waals surface area contributed by atoms with Gasteiger partial charge in [0.25, 0.3) is 11.8 Å². The van der Waals surface area contributed by atoms with Crippen LogP contribution in [0.25, 0.3) is 0 Å². The van der Waals surface area contributed by atoms with Gasteiger partial charge in [-0.15, -0.1) is 0 Å². The van der Waals surface area contributed by atoms with Crippen molar-refractivity contribution in [3.05, 3.63) is 29.8 Å². The van der Waals surface area contributed by atoms with Crippen molar-refractivity contribution in [2.75, 3.05) is 19.7 Å². The average molecular weight is 250 g/mol. The van der Waals surface area contributed by atoms with Crippen molar-refractivity contribution in [1.82, 2.24) is 4.90 Å². The summed E-state index contributed by atoms with van der Waals surface area (Å²) in [5.74, 6) is -0.342. The summed E-state index contributed by atoms with van der Waals surface area (Å²) in [5, 5.41) is 0. The summed E-state index contributed by atoms with van der Waals surface area (Å²) >= 11 is 0. The van der Waals surface area contributed by atoms with Crippen LogP contribution in [0.3, 0.4) is 0 Å². The van der Waals surface area contributed by atoms with Crippen LogP contribution in [0.4, 0.5) is 0 Å². The Morgan fingerprint density at radius 3 is 2.39 bits per heavy atom. The molecule has 0 bridgehead atoms. The standard InChI is InChI=1S/C13H18N2O3/c1-3-15(4-2)12(16)9-18-11-8-6-5-7-10(11)13(14)17/h5-8H,3-4,9H2,1-2H3,(H2,14,17). The number of primary amides is 1. The van der Waals surface area contributed by atoms with E-state index in [9.17, 15) is 9.59 Å². The average Bonchev–Trinajstić information content (AvgIpc) is 2.38. The van der Waals surface area contributed by atoms with E-state index in [1.54, 1.807) is 29.2 Å². The van der Waals surface area contributed by atoms with Crippen LogP contribution in [-0.2, 0) is 4.79 Å². The second-order valence-corrected chi connectivity index (χ2v) is 3.72. The van der Waals surface area contributed by atoms with Crippen molar-refractivity contribution >= 4 is 11.8 Å². The normalized spacial score (nSPS) is 9.89. The van der Waals surface area contributed by atoms with Gasteiger partial charge in [0.15, 0.2) is 6.61 Å². The Bertz CT molecular complexity index is 428. The lowest BCUT2D eigenvalue weighted by molar-refractivity contribution is -0.132. The van der Waals surface area contributed by atoms with Gasteiger partial charge in [-0.1, -0.05) is 12.1 Å². The topological polar surface area (TPSA) is 72.6 Å². The molecule has 0 aliphatic rings. The number of para-hydroxylation sites is 1. The van der Waals surface area contributed by atoms with Crippen molar-refractivity contribution < 1.29 is 14.3 Å². The molecular weight excluding hydrogens is 232 g/mol. The Hall–Kier alpha value is -2.04. The van der Waals surface area contributed by atoms with E-state index in [-0.39, 0.29) is 18.1 Å². The van der Waals surface area contributed by atoms with Gasteiger partial charge in [-0.2, -0.15) is 0 Å². The maximum absolute atomic E-state index is 11.7. The summed E-state index contributed by atoms with van der Waals surface area (Å²) < 4.78 is 5.35. The molecule has 5 nitrogen and oxygen atoms in total. The smallest absolute Gasteiger partial charge is 0.260 e. The molecule has 1 aromatic carbocycles. The van der Waals surface area contributed by atoms with E-state index >= 15 is 0 Å². The maximum atomic E-state index is 11.7. The summed E-state index contributed by atoms with van der Waals surface area (Å²) in [6, 6.07) is 6.61. The van der Waals surface area contributed by atoms with Crippen molar-refractivity contribution in [3.8, 4) is 5.75 Å². The summed E-state index contributed by atoms with van der Waals surface area (Å²) in [6.07, 6.45) is 0. The van der Waals surface area contributed by atoms with Gasteiger partial charge in [-0.3, -0.25) is 9.59 Å². The number of carbonyl (C=O) groups is 2. The minimum Gasteiger partial charge on any atom is -0.483 e. The van der Waals surface area contributed by atoms with Crippen LogP contribution in [0.5, 0.6) is 5.75 Å². The number of nitrogens with zero attached hydrogens (tertiary/aromatic N) is 1. The van der Waals surface area contributed by atoms with Crippen molar-refractivity contribution in [2.45, 2.75) is 13.8 Å². The zero-order chi connectivity index (χ0) is 13.5. The first-order chi connectivity index (χ1) is 8.60. The number of ether oxygens (including phenoxy) is 1. The highest BCUT2D eigenvalue weighted by atomic mass is 16.5. The molecule has 0 aliphatic carbocycles. The van der Waals surface area contributed by atoms with Gasteiger partial charge in [0, 0.05) is 13.1 Å². The number of likely N-dealkylation sites (N-methyl/N-ethyl adjacent to an activating group) is 1. The monoisotopic (exact) mass is 250 g/mol. The molecule has 0 spiro atoms.